The Labute approximate surface area is 124 Å². The van der Waals surface area contributed by atoms with Gasteiger partial charge < -0.3 is 15.2 Å². The first kappa shape index (κ1) is 13.7. The number of piperidine rings is 1. The molecule has 0 unspecified atom stereocenters. The quantitative estimate of drug-likeness (QED) is 0.851. The maximum atomic E-state index is 11.9. The molecule has 1 aliphatic heterocycles. The highest BCUT2D eigenvalue weighted by molar-refractivity contribution is 5.75. The minimum absolute atomic E-state index is 0.00189. The van der Waals surface area contributed by atoms with E-state index >= 15 is 0 Å². The van der Waals surface area contributed by atoms with Crippen LogP contribution in [0.15, 0.2) is 36.9 Å². The van der Waals surface area contributed by atoms with Crippen molar-refractivity contribution in [3.05, 3.63) is 42.7 Å². The van der Waals surface area contributed by atoms with Crippen LogP contribution < -0.4 is 5.32 Å². The lowest BCUT2D eigenvalue weighted by Crippen LogP contribution is -2.44. The number of hydrogen-bond acceptors (Lipinski definition) is 2. The lowest BCUT2D eigenvalue weighted by molar-refractivity contribution is 0.181. The van der Waals surface area contributed by atoms with Gasteiger partial charge in [0.25, 0.3) is 0 Å². The van der Waals surface area contributed by atoms with Crippen LogP contribution in [-0.4, -0.2) is 40.5 Å². The molecule has 5 heteroatoms. The number of likely N-dealkylation sites (tertiary alicyclic amines) is 1. The van der Waals surface area contributed by atoms with E-state index in [4.69, 9.17) is 0 Å². The molecule has 1 aromatic heterocycles. The molecule has 2 heterocycles. The van der Waals surface area contributed by atoms with Gasteiger partial charge in [0.15, 0.2) is 0 Å². The Bertz CT molecular complexity index is 608. The Kier molecular flexibility index (Phi) is 3.90. The minimum atomic E-state index is -0.00189. The molecule has 0 spiro atoms. The second-order valence-electron chi connectivity index (χ2n) is 5.38. The van der Waals surface area contributed by atoms with E-state index in [-0.39, 0.29) is 6.03 Å². The van der Waals surface area contributed by atoms with Gasteiger partial charge in [0, 0.05) is 25.6 Å². The maximum Gasteiger partial charge on any atom is 0.317 e. The zero-order valence-corrected chi connectivity index (χ0v) is 12.0. The van der Waals surface area contributed by atoms with Crippen LogP contribution in [0.5, 0.6) is 0 Å². The molecule has 2 amide bonds. The van der Waals surface area contributed by atoms with Crippen molar-refractivity contribution in [1.82, 2.24) is 20.2 Å². The molecule has 1 aliphatic rings. The monoisotopic (exact) mass is 284 g/mol. The molecule has 110 valence electrons. The summed E-state index contributed by atoms with van der Waals surface area (Å²) in [6, 6.07) is 8.07. The second kappa shape index (κ2) is 5.99. The number of imidazole rings is 1. The number of rotatable bonds is 3. The third-order valence-electron chi connectivity index (χ3n) is 3.97. The molecule has 1 saturated heterocycles. The van der Waals surface area contributed by atoms with Gasteiger partial charge in [0.05, 0.1) is 11.0 Å². The fraction of sp³-hybridized carbons (Fsp3) is 0.375. The predicted molar refractivity (Wildman–Crippen MR) is 83.2 cm³/mol. The lowest BCUT2D eigenvalue weighted by Gasteiger charge is -2.31. The van der Waals surface area contributed by atoms with E-state index in [1.807, 2.05) is 29.2 Å². The smallest absolute Gasteiger partial charge is 0.317 e. The molecule has 1 aromatic carbocycles. The largest absolute Gasteiger partial charge is 0.342 e. The fourth-order valence-electron chi connectivity index (χ4n) is 2.79. The van der Waals surface area contributed by atoms with Gasteiger partial charge in [-0.25, -0.2) is 9.78 Å². The number of carbonyl (C=O) groups is 1. The van der Waals surface area contributed by atoms with E-state index in [1.54, 1.807) is 6.08 Å². The third kappa shape index (κ3) is 2.91. The number of carbonyl (C=O) groups excluding carboxylic acids is 1. The first-order valence-electron chi connectivity index (χ1n) is 7.36. The van der Waals surface area contributed by atoms with Crippen LogP contribution in [0.25, 0.3) is 11.0 Å². The summed E-state index contributed by atoms with van der Waals surface area (Å²) in [7, 11) is 0. The molecule has 1 fully saturated rings. The molecule has 2 aromatic rings. The Balaban J connectivity index is 1.62. The van der Waals surface area contributed by atoms with Gasteiger partial charge in [-0.15, -0.1) is 6.58 Å². The number of amides is 2. The number of para-hydroxylation sites is 2. The summed E-state index contributed by atoms with van der Waals surface area (Å²) < 4.78 is 0. The van der Waals surface area contributed by atoms with Crippen LogP contribution in [0.1, 0.15) is 24.6 Å². The molecular weight excluding hydrogens is 264 g/mol. The van der Waals surface area contributed by atoms with Crippen LogP contribution in [-0.2, 0) is 0 Å². The van der Waals surface area contributed by atoms with E-state index in [1.165, 1.54) is 0 Å². The number of urea groups is 1. The molecule has 0 bridgehead atoms. The maximum absolute atomic E-state index is 11.9. The van der Waals surface area contributed by atoms with E-state index in [0.717, 1.165) is 42.8 Å². The van der Waals surface area contributed by atoms with Crippen molar-refractivity contribution in [2.24, 2.45) is 0 Å². The summed E-state index contributed by atoms with van der Waals surface area (Å²) in [5.41, 5.74) is 2.09. The highest BCUT2D eigenvalue weighted by Crippen LogP contribution is 2.27. The number of hydrogen-bond donors (Lipinski definition) is 2. The first-order valence-corrected chi connectivity index (χ1v) is 7.36. The van der Waals surface area contributed by atoms with Gasteiger partial charge in [-0.3, -0.25) is 0 Å². The number of aromatic nitrogens is 2. The van der Waals surface area contributed by atoms with Crippen LogP contribution in [0.4, 0.5) is 4.79 Å². The van der Waals surface area contributed by atoms with Crippen molar-refractivity contribution in [2.75, 3.05) is 19.6 Å². The molecule has 0 atom stereocenters. The average molecular weight is 284 g/mol. The van der Waals surface area contributed by atoms with Crippen molar-refractivity contribution in [2.45, 2.75) is 18.8 Å². The van der Waals surface area contributed by atoms with E-state index in [9.17, 15) is 4.79 Å². The summed E-state index contributed by atoms with van der Waals surface area (Å²) in [6.07, 6.45) is 3.59. The van der Waals surface area contributed by atoms with Gasteiger partial charge in [-0.2, -0.15) is 0 Å². The van der Waals surface area contributed by atoms with Crippen LogP contribution in [0, 0.1) is 0 Å². The Morgan fingerprint density at radius 2 is 2.19 bits per heavy atom. The highest BCUT2D eigenvalue weighted by atomic mass is 16.2. The number of fused-ring (bicyclic) bond motifs is 1. The van der Waals surface area contributed by atoms with Crippen molar-refractivity contribution in [1.29, 1.82) is 0 Å². The van der Waals surface area contributed by atoms with Gasteiger partial charge >= 0.3 is 6.03 Å². The van der Waals surface area contributed by atoms with Crippen molar-refractivity contribution in [3.63, 3.8) is 0 Å². The van der Waals surface area contributed by atoms with Gasteiger partial charge in [0.1, 0.15) is 5.82 Å². The molecule has 3 rings (SSSR count). The molecule has 0 aliphatic carbocycles. The summed E-state index contributed by atoms with van der Waals surface area (Å²) in [4.78, 5) is 21.8. The van der Waals surface area contributed by atoms with Gasteiger partial charge in [0.2, 0.25) is 0 Å². The standard InChI is InChI=1S/C16H20N4O/c1-2-9-17-16(21)20-10-7-12(8-11-20)15-18-13-5-3-4-6-14(13)19-15/h2-6,12H,1,7-11H2,(H,17,21)(H,18,19). The zero-order valence-electron chi connectivity index (χ0n) is 12.0. The Morgan fingerprint density at radius 3 is 2.90 bits per heavy atom. The van der Waals surface area contributed by atoms with Crippen LogP contribution >= 0.6 is 0 Å². The molecule has 0 radical (unpaired) electrons. The minimum Gasteiger partial charge on any atom is -0.342 e. The topological polar surface area (TPSA) is 61.0 Å². The third-order valence-corrected chi connectivity index (χ3v) is 3.97. The van der Waals surface area contributed by atoms with Crippen molar-refractivity contribution >= 4 is 17.1 Å². The van der Waals surface area contributed by atoms with Crippen LogP contribution in [0.2, 0.25) is 0 Å². The van der Waals surface area contributed by atoms with E-state index in [0.29, 0.717) is 12.5 Å². The number of benzene rings is 1. The van der Waals surface area contributed by atoms with Crippen LogP contribution in [0.3, 0.4) is 0 Å². The van der Waals surface area contributed by atoms with Crippen molar-refractivity contribution in [3.8, 4) is 0 Å². The van der Waals surface area contributed by atoms with Gasteiger partial charge in [-0.05, 0) is 25.0 Å². The van der Waals surface area contributed by atoms with Crippen molar-refractivity contribution < 1.29 is 4.79 Å². The Hall–Kier alpha value is -2.30. The normalized spacial score (nSPS) is 16.1. The summed E-state index contributed by atoms with van der Waals surface area (Å²) >= 11 is 0. The lowest BCUT2D eigenvalue weighted by atomic mass is 9.96. The molecule has 2 N–H and O–H groups in total. The number of aromatic amines is 1. The molecular formula is C16H20N4O. The summed E-state index contributed by atoms with van der Waals surface area (Å²) in [5.74, 6) is 1.45. The molecule has 0 saturated carbocycles. The van der Waals surface area contributed by atoms with Gasteiger partial charge in [-0.1, -0.05) is 18.2 Å². The molecule has 5 nitrogen and oxygen atoms in total. The number of nitrogens with zero attached hydrogens (tertiary/aromatic N) is 2. The Morgan fingerprint density at radius 1 is 1.43 bits per heavy atom. The first-order chi connectivity index (χ1) is 10.3. The number of nitrogens with one attached hydrogen (secondary N) is 2. The fourth-order valence-corrected chi connectivity index (χ4v) is 2.79. The second-order valence-corrected chi connectivity index (χ2v) is 5.38. The zero-order chi connectivity index (χ0) is 14.7. The highest BCUT2D eigenvalue weighted by Gasteiger charge is 2.25. The average Bonchev–Trinajstić information content (AvgIpc) is 2.96. The predicted octanol–water partition coefficient (Wildman–Crippen LogP) is 2.64. The van der Waals surface area contributed by atoms with E-state index in [2.05, 4.69) is 21.9 Å². The van der Waals surface area contributed by atoms with E-state index < -0.39 is 0 Å². The molecule has 21 heavy (non-hydrogen) atoms. The summed E-state index contributed by atoms with van der Waals surface area (Å²) in [6.45, 7) is 5.66. The number of H-pyrrole nitrogens is 1. The SMILES string of the molecule is C=CCNC(=O)N1CCC(c2nc3ccccc3[nH]2)CC1. The summed E-state index contributed by atoms with van der Waals surface area (Å²) in [5, 5.41) is 2.82.